The number of aromatic nitrogens is 4. The molecular weight excluding hydrogens is 923 g/mol. The summed E-state index contributed by atoms with van der Waals surface area (Å²) >= 11 is 0. The summed E-state index contributed by atoms with van der Waals surface area (Å²) in [6.45, 7) is 7.40. The van der Waals surface area contributed by atoms with Crippen LogP contribution in [-0.4, -0.2) is 151 Å². The van der Waals surface area contributed by atoms with E-state index in [1.807, 2.05) is 13.8 Å². The van der Waals surface area contributed by atoms with Crippen LogP contribution in [0.2, 0.25) is 0 Å². The first-order valence-electron chi connectivity index (χ1n) is 22.5. The fourth-order valence-corrected chi connectivity index (χ4v) is 7.13. The van der Waals surface area contributed by atoms with Crippen molar-refractivity contribution in [2.24, 2.45) is 0 Å². The van der Waals surface area contributed by atoms with Crippen LogP contribution in [0, 0.1) is 11.6 Å². The molecule has 24 heteroatoms. The molecule has 4 heterocycles. The van der Waals surface area contributed by atoms with Gasteiger partial charge in [-0.3, -0.25) is 43.8 Å². The Kier molecular flexibility index (Phi) is 19.4. The number of rotatable bonds is 28. The quantitative estimate of drug-likeness (QED) is 0.0404. The lowest BCUT2D eigenvalue weighted by molar-refractivity contribution is -0.136. The number of nitrogens with zero attached hydrogens (tertiary/aromatic N) is 5. The first kappa shape index (κ1) is 52.3. The second-order valence-electron chi connectivity index (χ2n) is 15.9. The highest BCUT2D eigenvalue weighted by molar-refractivity contribution is 6.25. The van der Waals surface area contributed by atoms with E-state index in [1.54, 1.807) is 35.2 Å². The van der Waals surface area contributed by atoms with Gasteiger partial charge in [-0.2, -0.15) is 0 Å². The van der Waals surface area contributed by atoms with Crippen molar-refractivity contribution in [1.82, 2.24) is 35.3 Å². The van der Waals surface area contributed by atoms with Gasteiger partial charge in [-0.1, -0.05) is 12.1 Å². The van der Waals surface area contributed by atoms with Gasteiger partial charge in [0.05, 0.1) is 88.4 Å². The summed E-state index contributed by atoms with van der Waals surface area (Å²) in [5, 5.41) is 20.7. The van der Waals surface area contributed by atoms with Gasteiger partial charge < -0.3 is 49.5 Å². The summed E-state index contributed by atoms with van der Waals surface area (Å²) in [5.74, 6) is -6.12. The maximum Gasteiger partial charge on any atom is 0.264 e. The van der Waals surface area contributed by atoms with Crippen molar-refractivity contribution in [1.29, 1.82) is 0 Å². The second-order valence-corrected chi connectivity index (χ2v) is 15.9. The monoisotopic (exact) mass is 976 g/mol. The van der Waals surface area contributed by atoms with Gasteiger partial charge in [0.2, 0.25) is 23.6 Å². The molecule has 0 spiro atoms. The van der Waals surface area contributed by atoms with Crippen molar-refractivity contribution in [2.75, 3.05) is 95.1 Å². The Labute approximate surface area is 400 Å². The van der Waals surface area contributed by atoms with E-state index in [2.05, 4.69) is 41.8 Å². The number of pyridine rings is 1. The van der Waals surface area contributed by atoms with Gasteiger partial charge in [0.15, 0.2) is 5.82 Å². The van der Waals surface area contributed by atoms with E-state index in [-0.39, 0.29) is 68.4 Å². The first-order chi connectivity index (χ1) is 33.8. The molecule has 1 fully saturated rings. The molecule has 0 bridgehead atoms. The minimum absolute atomic E-state index is 0.0352. The van der Waals surface area contributed by atoms with E-state index in [9.17, 15) is 42.3 Å². The fourth-order valence-electron chi connectivity index (χ4n) is 7.13. The van der Waals surface area contributed by atoms with Crippen LogP contribution in [0.4, 0.5) is 26.0 Å². The lowest BCUT2D eigenvalue weighted by Crippen LogP contribution is -2.54. The minimum atomic E-state index is -1.16. The van der Waals surface area contributed by atoms with Crippen molar-refractivity contribution in [3.8, 4) is 11.5 Å². The summed E-state index contributed by atoms with van der Waals surface area (Å²) in [6.07, 6.45) is 1.13. The molecule has 2 aliphatic rings. The Morgan fingerprint density at radius 3 is 2.07 bits per heavy atom. The molecule has 2 aliphatic heterocycles. The van der Waals surface area contributed by atoms with Gasteiger partial charge in [0, 0.05) is 50.1 Å². The number of hydrogen-bond acceptors (Lipinski definition) is 16. The molecule has 7 amide bonds. The number of anilines is 3. The minimum Gasteiger partial charge on any atom is -0.382 e. The van der Waals surface area contributed by atoms with Crippen LogP contribution in [0.5, 0.6) is 0 Å². The number of imide groups is 2. The highest BCUT2D eigenvalue weighted by atomic mass is 19.1. The predicted molar refractivity (Wildman–Crippen MR) is 245 cm³/mol. The molecule has 0 radical (unpaired) electrons. The Morgan fingerprint density at radius 1 is 0.757 bits per heavy atom. The third-order valence-corrected chi connectivity index (χ3v) is 10.6. The molecular formula is C46H54F2N10O12. The maximum atomic E-state index is 14.7. The number of nitrogens with one attached hydrogen (secondary N) is 5. The molecule has 374 valence electrons. The molecule has 5 N–H and O–H groups in total. The standard InChI is InChI=1S/C46H54F2N10O12/c1-28(2)57-27-51-56-42(57)34-7-4-8-37(52-34)54-43(62)30-25-35(32(48)26-31(30)47)53-39(60)12-11-38(59)50-14-16-67-18-20-69-22-24-70-23-21-68-19-17-66-15-13-49-33-6-3-5-29-41(33)46(65)58(45(29)64)36-9-10-40(61)55-44(36)63/h3-8,25-28,36,49H,9-24H2,1-2H3,(H,50,59)(H,53,60)(H,52,54,62)(H,55,61,63). The molecule has 1 saturated heterocycles. The molecule has 2 aromatic heterocycles. The van der Waals surface area contributed by atoms with Crippen molar-refractivity contribution >= 4 is 58.5 Å². The molecule has 6 rings (SSSR count). The molecule has 1 atom stereocenters. The molecule has 0 saturated carbocycles. The van der Waals surface area contributed by atoms with Crippen LogP contribution in [-0.2, 0) is 42.9 Å². The van der Waals surface area contributed by atoms with E-state index >= 15 is 0 Å². The van der Waals surface area contributed by atoms with Crippen molar-refractivity contribution < 1.29 is 66.0 Å². The van der Waals surface area contributed by atoms with Gasteiger partial charge in [0.25, 0.3) is 17.7 Å². The second kappa shape index (κ2) is 26.0. The fraction of sp³-hybridized carbons (Fsp3) is 0.435. The smallest absolute Gasteiger partial charge is 0.264 e. The van der Waals surface area contributed by atoms with E-state index in [4.69, 9.17) is 23.7 Å². The molecule has 4 aromatic rings. The normalized spacial score (nSPS) is 14.5. The number of ether oxygens (including phenoxy) is 5. The number of carbonyl (C=O) groups excluding carboxylic acids is 7. The number of piperidine rings is 1. The van der Waals surface area contributed by atoms with Gasteiger partial charge in [-0.25, -0.2) is 13.8 Å². The van der Waals surface area contributed by atoms with Gasteiger partial charge >= 0.3 is 0 Å². The average molecular weight is 977 g/mol. The summed E-state index contributed by atoms with van der Waals surface area (Å²) in [4.78, 5) is 93.2. The van der Waals surface area contributed by atoms with Crippen LogP contribution in [0.25, 0.3) is 11.5 Å². The molecule has 22 nitrogen and oxygen atoms in total. The number of carbonyl (C=O) groups is 7. The Bertz CT molecular complexity index is 2520. The number of amides is 7. The molecule has 70 heavy (non-hydrogen) atoms. The van der Waals surface area contributed by atoms with Gasteiger partial charge in [-0.05, 0) is 50.6 Å². The number of halogens is 2. The zero-order chi connectivity index (χ0) is 50.0. The molecule has 2 aromatic carbocycles. The zero-order valence-electron chi connectivity index (χ0n) is 38.6. The third kappa shape index (κ3) is 14.5. The average Bonchev–Trinajstić information content (AvgIpc) is 3.93. The van der Waals surface area contributed by atoms with Crippen molar-refractivity contribution in [3.63, 3.8) is 0 Å². The van der Waals surface area contributed by atoms with E-state index in [1.165, 1.54) is 12.1 Å². The van der Waals surface area contributed by atoms with Crippen LogP contribution >= 0.6 is 0 Å². The maximum absolute atomic E-state index is 14.7. The lowest BCUT2D eigenvalue weighted by Gasteiger charge is -2.27. The summed E-state index contributed by atoms with van der Waals surface area (Å²) in [6, 6.07) is 9.95. The van der Waals surface area contributed by atoms with Crippen LogP contribution in [0.15, 0.2) is 54.9 Å². The Morgan fingerprint density at radius 2 is 1.40 bits per heavy atom. The van der Waals surface area contributed by atoms with Gasteiger partial charge in [0.1, 0.15) is 35.5 Å². The Hall–Kier alpha value is -7.12. The van der Waals surface area contributed by atoms with Crippen LogP contribution in [0.3, 0.4) is 0 Å². The predicted octanol–water partition coefficient (Wildman–Crippen LogP) is 2.88. The topological polar surface area (TPSA) is 273 Å². The highest BCUT2D eigenvalue weighted by Gasteiger charge is 2.45. The summed E-state index contributed by atoms with van der Waals surface area (Å²) < 4.78 is 58.6. The van der Waals surface area contributed by atoms with Crippen molar-refractivity contribution in [2.45, 2.75) is 51.6 Å². The van der Waals surface area contributed by atoms with E-state index in [0.29, 0.717) is 82.7 Å². The number of benzene rings is 2. The molecule has 0 aliphatic carbocycles. The number of hydrogen-bond donors (Lipinski definition) is 5. The Balaban J connectivity index is 0.739. The highest BCUT2D eigenvalue weighted by Crippen LogP contribution is 2.32. The number of fused-ring (bicyclic) bond motifs is 1. The zero-order valence-corrected chi connectivity index (χ0v) is 38.6. The largest absolute Gasteiger partial charge is 0.382 e. The van der Waals surface area contributed by atoms with Crippen LogP contribution < -0.4 is 26.6 Å². The van der Waals surface area contributed by atoms with E-state index in [0.717, 1.165) is 11.0 Å². The molecule has 1 unspecified atom stereocenters. The van der Waals surface area contributed by atoms with E-state index < -0.39 is 70.3 Å². The first-order valence-corrected chi connectivity index (χ1v) is 22.5. The van der Waals surface area contributed by atoms with Gasteiger partial charge in [-0.15, -0.1) is 10.2 Å². The third-order valence-electron chi connectivity index (χ3n) is 10.6. The SMILES string of the molecule is CC(C)n1cnnc1-c1cccc(NC(=O)c2cc(NC(=O)CCC(=O)NCCOCCOCCOCCOCCOCCNc3cccc4c3C(=O)N(C3CCC(=O)NC3=O)C4=O)c(F)cc2F)n1. The summed E-state index contributed by atoms with van der Waals surface area (Å²) in [7, 11) is 0. The lowest BCUT2D eigenvalue weighted by atomic mass is 10.0. The summed E-state index contributed by atoms with van der Waals surface area (Å²) in [5.41, 5.74) is 0.227. The van der Waals surface area contributed by atoms with Crippen LogP contribution in [0.1, 0.15) is 76.6 Å². The van der Waals surface area contributed by atoms with Crippen molar-refractivity contribution in [3.05, 3.63) is 83.2 Å².